The number of hydrogen-bond acceptors (Lipinski definition) is 3. The number of benzene rings is 2. The average Bonchev–Trinajstić information content (AvgIpc) is 2.97. The normalized spacial score (nSPS) is 12.2. The minimum absolute atomic E-state index is 0.127. The standard InChI is InChI=1S/C18H14F3N3S/c1-2-22-18-24(23-10-12-7-8-13(19)9-16(12)21)17(11-25-18)14-5-3-4-6-15(14)20/h3-11H,2H2,1H3. The van der Waals surface area contributed by atoms with Crippen LogP contribution in [0, 0.1) is 17.5 Å². The van der Waals surface area contributed by atoms with Crippen LogP contribution in [0.25, 0.3) is 11.3 Å². The van der Waals surface area contributed by atoms with E-state index < -0.39 is 11.6 Å². The van der Waals surface area contributed by atoms with Gasteiger partial charge in [0.05, 0.1) is 11.9 Å². The molecule has 0 spiro atoms. The first-order chi connectivity index (χ1) is 12.1. The third kappa shape index (κ3) is 3.71. The van der Waals surface area contributed by atoms with E-state index in [0.717, 1.165) is 12.1 Å². The highest BCUT2D eigenvalue weighted by Crippen LogP contribution is 2.23. The van der Waals surface area contributed by atoms with Gasteiger partial charge in [-0.3, -0.25) is 4.99 Å². The predicted molar refractivity (Wildman–Crippen MR) is 93.2 cm³/mol. The van der Waals surface area contributed by atoms with Gasteiger partial charge in [0.2, 0.25) is 4.80 Å². The maximum atomic E-state index is 14.1. The van der Waals surface area contributed by atoms with Gasteiger partial charge >= 0.3 is 0 Å². The first-order valence-corrected chi connectivity index (χ1v) is 8.43. The minimum Gasteiger partial charge on any atom is -0.258 e. The van der Waals surface area contributed by atoms with Gasteiger partial charge in [0.1, 0.15) is 17.5 Å². The molecule has 3 nitrogen and oxygen atoms in total. The lowest BCUT2D eigenvalue weighted by Crippen LogP contribution is -2.13. The second-order valence-corrected chi connectivity index (χ2v) is 5.92. The van der Waals surface area contributed by atoms with Crippen molar-refractivity contribution in [2.45, 2.75) is 6.92 Å². The molecule has 1 aromatic heterocycles. The molecule has 0 amide bonds. The van der Waals surface area contributed by atoms with Crippen molar-refractivity contribution in [2.24, 2.45) is 10.1 Å². The molecule has 0 aliphatic rings. The van der Waals surface area contributed by atoms with Crippen molar-refractivity contribution >= 4 is 17.6 Å². The van der Waals surface area contributed by atoms with Gasteiger partial charge in [-0.25, -0.2) is 17.8 Å². The molecule has 7 heteroatoms. The molecule has 0 unspecified atom stereocenters. The highest BCUT2D eigenvalue weighted by molar-refractivity contribution is 7.07. The van der Waals surface area contributed by atoms with Crippen molar-refractivity contribution < 1.29 is 13.2 Å². The number of aromatic nitrogens is 1. The van der Waals surface area contributed by atoms with Gasteiger partial charge in [-0.1, -0.05) is 12.1 Å². The molecule has 0 saturated heterocycles. The Bertz CT molecular complexity index is 989. The summed E-state index contributed by atoms with van der Waals surface area (Å²) in [6, 6.07) is 9.55. The van der Waals surface area contributed by atoms with Crippen molar-refractivity contribution in [3.05, 3.63) is 75.7 Å². The summed E-state index contributed by atoms with van der Waals surface area (Å²) < 4.78 is 42.4. The van der Waals surface area contributed by atoms with Crippen LogP contribution >= 0.6 is 11.3 Å². The van der Waals surface area contributed by atoms with Crippen LogP contribution in [0.2, 0.25) is 0 Å². The molecule has 0 bridgehead atoms. The fraction of sp³-hybridized carbons (Fsp3) is 0.111. The summed E-state index contributed by atoms with van der Waals surface area (Å²) in [4.78, 5) is 4.88. The number of halogens is 3. The quantitative estimate of drug-likeness (QED) is 0.615. The van der Waals surface area contributed by atoms with Crippen LogP contribution in [0.4, 0.5) is 13.2 Å². The molecule has 0 aliphatic heterocycles. The molecule has 128 valence electrons. The Morgan fingerprint density at radius 1 is 1.08 bits per heavy atom. The van der Waals surface area contributed by atoms with E-state index in [9.17, 15) is 13.2 Å². The summed E-state index contributed by atoms with van der Waals surface area (Å²) in [6.45, 7) is 2.40. The SMILES string of the molecule is CCN=c1scc(-c2ccccc2F)n1N=Cc1ccc(F)cc1F. The Labute approximate surface area is 146 Å². The first-order valence-electron chi connectivity index (χ1n) is 7.55. The molecular formula is C18H14F3N3S. The highest BCUT2D eigenvalue weighted by Gasteiger charge is 2.11. The van der Waals surface area contributed by atoms with Crippen molar-refractivity contribution in [2.75, 3.05) is 6.54 Å². The van der Waals surface area contributed by atoms with Gasteiger partial charge in [-0.05, 0) is 31.2 Å². The van der Waals surface area contributed by atoms with Gasteiger partial charge < -0.3 is 0 Å². The average molecular weight is 361 g/mol. The molecule has 0 fully saturated rings. The summed E-state index contributed by atoms with van der Waals surface area (Å²) in [5.74, 6) is -1.77. The van der Waals surface area contributed by atoms with E-state index in [4.69, 9.17) is 0 Å². The Balaban J connectivity index is 2.11. The molecule has 0 saturated carbocycles. The van der Waals surface area contributed by atoms with Crippen LogP contribution in [-0.2, 0) is 0 Å². The Kier molecular flexibility index (Phi) is 5.14. The van der Waals surface area contributed by atoms with E-state index >= 15 is 0 Å². The lowest BCUT2D eigenvalue weighted by Gasteiger charge is -2.05. The number of hydrogen-bond donors (Lipinski definition) is 0. The maximum Gasteiger partial charge on any atom is 0.206 e. The van der Waals surface area contributed by atoms with Crippen LogP contribution in [0.3, 0.4) is 0 Å². The highest BCUT2D eigenvalue weighted by atomic mass is 32.1. The Morgan fingerprint density at radius 3 is 2.60 bits per heavy atom. The van der Waals surface area contributed by atoms with Crippen molar-refractivity contribution in [1.82, 2.24) is 4.68 Å². The zero-order chi connectivity index (χ0) is 17.8. The van der Waals surface area contributed by atoms with E-state index in [2.05, 4.69) is 10.1 Å². The molecule has 3 rings (SSSR count). The van der Waals surface area contributed by atoms with Gasteiger partial charge in [-0.2, -0.15) is 5.10 Å². The fourth-order valence-electron chi connectivity index (χ4n) is 2.24. The van der Waals surface area contributed by atoms with E-state index in [1.165, 1.54) is 34.4 Å². The Morgan fingerprint density at radius 2 is 1.88 bits per heavy atom. The largest absolute Gasteiger partial charge is 0.258 e. The third-order valence-electron chi connectivity index (χ3n) is 3.40. The van der Waals surface area contributed by atoms with Gasteiger partial charge in [0.25, 0.3) is 0 Å². The number of nitrogens with zero attached hydrogens (tertiary/aromatic N) is 3. The monoisotopic (exact) mass is 361 g/mol. The Hall–Kier alpha value is -2.67. The summed E-state index contributed by atoms with van der Waals surface area (Å²) >= 11 is 1.31. The van der Waals surface area contributed by atoms with Crippen LogP contribution in [0.1, 0.15) is 12.5 Å². The molecule has 0 radical (unpaired) electrons. The third-order valence-corrected chi connectivity index (χ3v) is 4.26. The second kappa shape index (κ2) is 7.48. The lowest BCUT2D eigenvalue weighted by atomic mass is 10.1. The van der Waals surface area contributed by atoms with Crippen molar-refractivity contribution in [1.29, 1.82) is 0 Å². The smallest absolute Gasteiger partial charge is 0.206 e. The van der Waals surface area contributed by atoms with Gasteiger partial charge in [-0.15, -0.1) is 11.3 Å². The molecule has 25 heavy (non-hydrogen) atoms. The maximum absolute atomic E-state index is 14.1. The molecule has 0 aliphatic carbocycles. The summed E-state index contributed by atoms with van der Waals surface area (Å²) in [5.41, 5.74) is 1.00. The zero-order valence-corrected chi connectivity index (χ0v) is 14.1. The van der Waals surface area contributed by atoms with Crippen LogP contribution in [-0.4, -0.2) is 17.4 Å². The lowest BCUT2D eigenvalue weighted by molar-refractivity contribution is 0.582. The van der Waals surface area contributed by atoms with Gasteiger partial charge in [0, 0.05) is 29.1 Å². The van der Waals surface area contributed by atoms with Crippen molar-refractivity contribution in [3.8, 4) is 11.3 Å². The molecule has 3 aromatic rings. The molecule has 0 atom stereocenters. The van der Waals surface area contributed by atoms with Crippen LogP contribution in [0.15, 0.2) is 57.9 Å². The molecule has 0 N–H and O–H groups in total. The first kappa shape index (κ1) is 17.2. The van der Waals surface area contributed by atoms with Gasteiger partial charge in [0.15, 0.2) is 0 Å². The molecular weight excluding hydrogens is 347 g/mol. The van der Waals surface area contributed by atoms with E-state index in [0.29, 0.717) is 22.6 Å². The summed E-state index contributed by atoms with van der Waals surface area (Å²) in [5, 5.41) is 5.98. The second-order valence-electron chi connectivity index (χ2n) is 5.08. The van der Waals surface area contributed by atoms with E-state index in [1.807, 2.05) is 6.92 Å². The van der Waals surface area contributed by atoms with E-state index in [-0.39, 0.29) is 11.4 Å². The topological polar surface area (TPSA) is 29.6 Å². The predicted octanol–water partition coefficient (Wildman–Crippen LogP) is 4.44. The summed E-state index contributed by atoms with van der Waals surface area (Å²) in [6.07, 6.45) is 1.26. The van der Waals surface area contributed by atoms with Crippen LogP contribution in [0.5, 0.6) is 0 Å². The van der Waals surface area contributed by atoms with Crippen LogP contribution < -0.4 is 4.80 Å². The number of thiazole rings is 1. The minimum atomic E-state index is -0.721. The zero-order valence-electron chi connectivity index (χ0n) is 13.3. The van der Waals surface area contributed by atoms with E-state index in [1.54, 1.807) is 23.6 Å². The van der Waals surface area contributed by atoms with Crippen molar-refractivity contribution in [3.63, 3.8) is 0 Å². The number of rotatable bonds is 4. The molecule has 2 aromatic carbocycles. The fourth-order valence-corrected chi connectivity index (χ4v) is 3.13. The summed E-state index contributed by atoms with van der Waals surface area (Å²) in [7, 11) is 0. The molecule has 1 heterocycles.